The summed E-state index contributed by atoms with van der Waals surface area (Å²) in [6, 6.07) is 3.56. The SMILES string of the molecule is COc1cc(NCc2nc(C(=O)O)cs2)ccn1. The molecule has 0 aliphatic carbocycles. The second-order valence-electron chi connectivity index (χ2n) is 3.37. The average molecular weight is 265 g/mol. The lowest BCUT2D eigenvalue weighted by atomic mass is 10.4. The molecule has 2 heterocycles. The minimum absolute atomic E-state index is 0.0732. The Bertz CT molecular complexity index is 556. The van der Waals surface area contributed by atoms with Crippen LogP contribution >= 0.6 is 11.3 Å². The molecule has 0 saturated carbocycles. The molecule has 2 aromatic rings. The van der Waals surface area contributed by atoms with Crippen molar-refractivity contribution in [3.05, 3.63) is 34.4 Å². The summed E-state index contributed by atoms with van der Waals surface area (Å²) in [5.74, 6) is -0.492. The average Bonchev–Trinajstić information content (AvgIpc) is 2.85. The van der Waals surface area contributed by atoms with Gasteiger partial charge in [-0.15, -0.1) is 11.3 Å². The Balaban J connectivity index is 1.99. The van der Waals surface area contributed by atoms with Crippen LogP contribution in [0.25, 0.3) is 0 Å². The van der Waals surface area contributed by atoms with Gasteiger partial charge in [-0.1, -0.05) is 0 Å². The van der Waals surface area contributed by atoms with Crippen molar-refractivity contribution in [2.24, 2.45) is 0 Å². The Morgan fingerprint density at radius 3 is 3.11 bits per heavy atom. The number of thiazole rings is 1. The number of nitrogens with one attached hydrogen (secondary N) is 1. The summed E-state index contributed by atoms with van der Waals surface area (Å²) in [4.78, 5) is 18.6. The highest BCUT2D eigenvalue weighted by atomic mass is 32.1. The van der Waals surface area contributed by atoms with Gasteiger partial charge in [0.2, 0.25) is 5.88 Å². The quantitative estimate of drug-likeness (QED) is 0.858. The van der Waals surface area contributed by atoms with Crippen LogP contribution in [0.4, 0.5) is 5.69 Å². The number of ether oxygens (including phenoxy) is 1. The third-order valence-electron chi connectivity index (χ3n) is 2.16. The van der Waals surface area contributed by atoms with Gasteiger partial charge < -0.3 is 15.2 Å². The first-order chi connectivity index (χ1) is 8.69. The van der Waals surface area contributed by atoms with Gasteiger partial charge in [-0.25, -0.2) is 14.8 Å². The highest BCUT2D eigenvalue weighted by Crippen LogP contribution is 2.16. The van der Waals surface area contributed by atoms with Gasteiger partial charge in [-0.2, -0.15) is 0 Å². The number of hydrogen-bond donors (Lipinski definition) is 2. The molecular weight excluding hydrogens is 254 g/mol. The van der Waals surface area contributed by atoms with E-state index in [1.165, 1.54) is 16.7 Å². The summed E-state index contributed by atoms with van der Waals surface area (Å²) in [5, 5.41) is 14.1. The molecule has 6 nitrogen and oxygen atoms in total. The molecule has 0 saturated heterocycles. The molecule has 0 bridgehead atoms. The van der Waals surface area contributed by atoms with E-state index in [9.17, 15) is 4.79 Å². The Morgan fingerprint density at radius 1 is 1.61 bits per heavy atom. The molecule has 0 atom stereocenters. The molecule has 2 N–H and O–H groups in total. The van der Waals surface area contributed by atoms with Crippen LogP contribution < -0.4 is 10.1 Å². The molecule has 2 aromatic heterocycles. The number of carboxylic acid groups (broad SMARTS) is 1. The summed E-state index contributed by atoms with van der Waals surface area (Å²) in [6.07, 6.45) is 1.63. The maximum Gasteiger partial charge on any atom is 0.355 e. The van der Waals surface area contributed by atoms with E-state index in [-0.39, 0.29) is 5.69 Å². The van der Waals surface area contributed by atoms with Crippen LogP contribution in [0.15, 0.2) is 23.7 Å². The van der Waals surface area contributed by atoms with Crippen LogP contribution in [0, 0.1) is 0 Å². The fraction of sp³-hybridized carbons (Fsp3) is 0.182. The van der Waals surface area contributed by atoms with Crippen LogP contribution in [-0.2, 0) is 6.54 Å². The van der Waals surface area contributed by atoms with E-state index in [0.29, 0.717) is 17.4 Å². The van der Waals surface area contributed by atoms with Crippen molar-refractivity contribution in [2.45, 2.75) is 6.54 Å². The van der Waals surface area contributed by atoms with Gasteiger partial charge in [-0.05, 0) is 6.07 Å². The summed E-state index contributed by atoms with van der Waals surface area (Å²) in [5.41, 5.74) is 0.915. The fourth-order valence-corrected chi connectivity index (χ4v) is 2.01. The lowest BCUT2D eigenvalue weighted by Gasteiger charge is -2.05. The van der Waals surface area contributed by atoms with Crippen molar-refractivity contribution >= 4 is 23.0 Å². The molecule has 0 fully saturated rings. The third kappa shape index (κ3) is 2.95. The zero-order valence-electron chi connectivity index (χ0n) is 9.58. The number of carbonyl (C=O) groups is 1. The van der Waals surface area contributed by atoms with Crippen LogP contribution in [0.1, 0.15) is 15.5 Å². The lowest BCUT2D eigenvalue weighted by molar-refractivity contribution is 0.0691. The standard InChI is InChI=1S/C11H11N3O3S/c1-17-9-4-7(2-3-12-9)13-5-10-14-8(6-18-10)11(15)16/h2-4,6H,5H2,1H3,(H,12,13)(H,15,16). The molecule has 2 rings (SSSR count). The van der Waals surface area contributed by atoms with Crippen LogP contribution in [-0.4, -0.2) is 28.2 Å². The summed E-state index contributed by atoms with van der Waals surface area (Å²) in [6.45, 7) is 0.463. The van der Waals surface area contributed by atoms with Crippen molar-refractivity contribution in [3.63, 3.8) is 0 Å². The van der Waals surface area contributed by atoms with Crippen molar-refractivity contribution in [1.82, 2.24) is 9.97 Å². The molecular formula is C11H11N3O3S. The van der Waals surface area contributed by atoms with Gasteiger partial charge in [0.1, 0.15) is 5.01 Å². The second-order valence-corrected chi connectivity index (χ2v) is 4.31. The zero-order chi connectivity index (χ0) is 13.0. The van der Waals surface area contributed by atoms with Crippen molar-refractivity contribution in [1.29, 1.82) is 0 Å². The Morgan fingerprint density at radius 2 is 2.44 bits per heavy atom. The summed E-state index contributed by atoms with van der Waals surface area (Å²) < 4.78 is 5.00. The molecule has 18 heavy (non-hydrogen) atoms. The lowest BCUT2D eigenvalue weighted by Crippen LogP contribution is -2.01. The third-order valence-corrected chi connectivity index (χ3v) is 3.01. The molecule has 0 aliphatic rings. The van der Waals surface area contributed by atoms with Gasteiger partial charge in [0.05, 0.1) is 13.7 Å². The number of carboxylic acids is 1. The van der Waals surface area contributed by atoms with E-state index in [0.717, 1.165) is 5.69 Å². The Labute approximate surface area is 107 Å². The number of hydrogen-bond acceptors (Lipinski definition) is 6. The normalized spacial score (nSPS) is 10.1. The number of anilines is 1. The predicted octanol–water partition coefficient (Wildman–Crippen LogP) is 1.86. The largest absolute Gasteiger partial charge is 0.481 e. The van der Waals surface area contributed by atoms with E-state index in [1.54, 1.807) is 25.4 Å². The van der Waals surface area contributed by atoms with Crippen LogP contribution in [0.3, 0.4) is 0 Å². The number of methoxy groups -OCH3 is 1. The maximum absolute atomic E-state index is 10.7. The van der Waals surface area contributed by atoms with E-state index in [2.05, 4.69) is 15.3 Å². The fourth-order valence-electron chi connectivity index (χ4n) is 1.30. The highest BCUT2D eigenvalue weighted by molar-refractivity contribution is 7.09. The smallest absolute Gasteiger partial charge is 0.355 e. The van der Waals surface area contributed by atoms with Crippen molar-refractivity contribution in [3.8, 4) is 5.88 Å². The molecule has 0 aromatic carbocycles. The van der Waals surface area contributed by atoms with Crippen LogP contribution in [0.2, 0.25) is 0 Å². The monoisotopic (exact) mass is 265 g/mol. The van der Waals surface area contributed by atoms with Gasteiger partial charge in [0, 0.05) is 23.3 Å². The van der Waals surface area contributed by atoms with E-state index >= 15 is 0 Å². The molecule has 0 unspecified atom stereocenters. The second kappa shape index (κ2) is 5.46. The van der Waals surface area contributed by atoms with Crippen molar-refractivity contribution in [2.75, 3.05) is 12.4 Å². The van der Waals surface area contributed by atoms with Crippen molar-refractivity contribution < 1.29 is 14.6 Å². The number of aromatic carboxylic acids is 1. The number of pyridine rings is 1. The van der Waals surface area contributed by atoms with Gasteiger partial charge in [-0.3, -0.25) is 0 Å². The predicted molar refractivity (Wildman–Crippen MR) is 67.2 cm³/mol. The molecule has 0 radical (unpaired) electrons. The topological polar surface area (TPSA) is 84.3 Å². The molecule has 7 heteroatoms. The minimum Gasteiger partial charge on any atom is -0.481 e. The van der Waals surface area contributed by atoms with Gasteiger partial charge in [0.25, 0.3) is 0 Å². The number of rotatable bonds is 5. The first-order valence-corrected chi connectivity index (χ1v) is 5.98. The van der Waals surface area contributed by atoms with Crippen LogP contribution in [0.5, 0.6) is 5.88 Å². The van der Waals surface area contributed by atoms with E-state index in [4.69, 9.17) is 9.84 Å². The molecule has 0 aliphatic heterocycles. The Kier molecular flexibility index (Phi) is 3.73. The first-order valence-electron chi connectivity index (χ1n) is 5.10. The first kappa shape index (κ1) is 12.3. The number of aromatic nitrogens is 2. The number of nitrogens with zero attached hydrogens (tertiary/aromatic N) is 2. The van der Waals surface area contributed by atoms with Gasteiger partial charge in [0.15, 0.2) is 5.69 Å². The summed E-state index contributed by atoms with van der Waals surface area (Å²) in [7, 11) is 1.55. The zero-order valence-corrected chi connectivity index (χ0v) is 10.4. The van der Waals surface area contributed by atoms with E-state index < -0.39 is 5.97 Å². The molecule has 94 valence electrons. The molecule has 0 amide bonds. The maximum atomic E-state index is 10.7. The van der Waals surface area contributed by atoms with Gasteiger partial charge >= 0.3 is 5.97 Å². The minimum atomic E-state index is -1.01. The molecule has 0 spiro atoms. The Hall–Kier alpha value is -2.15. The highest BCUT2D eigenvalue weighted by Gasteiger charge is 2.08. The summed E-state index contributed by atoms with van der Waals surface area (Å²) >= 11 is 1.31. The van der Waals surface area contributed by atoms with E-state index in [1.807, 2.05) is 0 Å².